The monoisotopic (exact) mass is 422 g/mol. The minimum atomic E-state index is -0.359. The molecule has 162 valence electrons. The lowest BCUT2D eigenvalue weighted by molar-refractivity contribution is -0.0365. The van der Waals surface area contributed by atoms with Gasteiger partial charge < -0.3 is 19.1 Å². The van der Waals surface area contributed by atoms with Crippen LogP contribution in [-0.4, -0.2) is 52.6 Å². The fourth-order valence-electron chi connectivity index (χ4n) is 4.09. The zero-order chi connectivity index (χ0) is 21.2. The molecule has 2 aliphatic rings. The maximum Gasteiger partial charge on any atom is 0.409 e. The van der Waals surface area contributed by atoms with Gasteiger partial charge in [0.15, 0.2) is 6.23 Å². The second kappa shape index (κ2) is 8.55. The third-order valence-corrected chi connectivity index (χ3v) is 5.76. The average molecular weight is 422 g/mol. The molecular formula is C23H26N4O4. The number of ether oxygens (including phenoxy) is 3. The van der Waals surface area contributed by atoms with Crippen molar-refractivity contribution in [3.8, 4) is 17.0 Å². The maximum atomic E-state index is 12.2. The molecule has 1 aromatic carbocycles. The molecule has 5 rings (SSSR count). The number of cyclic esters (lactones) is 1. The molecule has 2 aliphatic heterocycles. The summed E-state index contributed by atoms with van der Waals surface area (Å²) in [6.45, 7) is 1.98. The van der Waals surface area contributed by atoms with Crippen molar-refractivity contribution in [3.63, 3.8) is 0 Å². The standard InChI is InChI=1S/C23H26N4O4/c1-26-8-4-10-29-18-6-7-20-19(12-18)22(25-27(20)21-5-2-3-9-30-21)17-11-16(13-24-14-17)15-31-23(26)28/h6-7,11-14,21H,2-5,8-10,15H2,1H3. The number of carbonyl (C=O) groups is 1. The van der Waals surface area contributed by atoms with E-state index in [-0.39, 0.29) is 18.9 Å². The van der Waals surface area contributed by atoms with Crippen LogP contribution in [0.1, 0.15) is 37.5 Å². The van der Waals surface area contributed by atoms with E-state index < -0.39 is 0 Å². The highest BCUT2D eigenvalue weighted by atomic mass is 16.6. The van der Waals surface area contributed by atoms with E-state index in [0.717, 1.165) is 59.3 Å². The van der Waals surface area contributed by atoms with Gasteiger partial charge in [0.25, 0.3) is 0 Å². The quantitative estimate of drug-likeness (QED) is 0.586. The first kappa shape index (κ1) is 19.8. The molecule has 8 heteroatoms. The first-order valence-corrected chi connectivity index (χ1v) is 10.8. The summed E-state index contributed by atoms with van der Waals surface area (Å²) in [7, 11) is 1.73. The zero-order valence-electron chi connectivity index (χ0n) is 17.6. The van der Waals surface area contributed by atoms with Gasteiger partial charge in [0.1, 0.15) is 18.1 Å². The second-order valence-corrected chi connectivity index (χ2v) is 8.05. The molecule has 31 heavy (non-hydrogen) atoms. The summed E-state index contributed by atoms with van der Waals surface area (Å²) in [4.78, 5) is 18.2. The van der Waals surface area contributed by atoms with Crippen molar-refractivity contribution in [1.29, 1.82) is 0 Å². The maximum absolute atomic E-state index is 12.2. The van der Waals surface area contributed by atoms with Crippen LogP contribution in [0.3, 0.4) is 0 Å². The van der Waals surface area contributed by atoms with E-state index in [9.17, 15) is 4.79 Å². The van der Waals surface area contributed by atoms with Crippen LogP contribution in [0, 0.1) is 0 Å². The lowest BCUT2D eigenvalue weighted by Crippen LogP contribution is -2.29. The highest BCUT2D eigenvalue weighted by Gasteiger charge is 2.22. The summed E-state index contributed by atoms with van der Waals surface area (Å²) >= 11 is 0. The Morgan fingerprint density at radius 2 is 2.00 bits per heavy atom. The van der Waals surface area contributed by atoms with Crippen LogP contribution >= 0.6 is 0 Å². The number of hydrogen-bond acceptors (Lipinski definition) is 6. The first-order chi connectivity index (χ1) is 15.2. The number of carbonyl (C=O) groups excluding carboxylic acids is 1. The minimum absolute atomic E-state index is 0.0741. The number of rotatable bonds is 1. The fourth-order valence-corrected chi connectivity index (χ4v) is 4.09. The minimum Gasteiger partial charge on any atom is -0.494 e. The Bertz CT molecular complexity index is 1090. The van der Waals surface area contributed by atoms with Crippen LogP contribution in [0.2, 0.25) is 0 Å². The molecule has 1 atom stereocenters. The molecule has 0 spiro atoms. The third-order valence-electron chi connectivity index (χ3n) is 5.76. The number of aromatic nitrogens is 3. The van der Waals surface area contributed by atoms with Gasteiger partial charge in [-0.3, -0.25) is 4.98 Å². The molecule has 1 amide bonds. The third kappa shape index (κ3) is 4.07. The Hall–Kier alpha value is -3.13. The van der Waals surface area contributed by atoms with Crippen LogP contribution in [0.5, 0.6) is 5.75 Å². The lowest BCUT2D eigenvalue weighted by atomic mass is 10.1. The van der Waals surface area contributed by atoms with Gasteiger partial charge in [0.05, 0.1) is 12.1 Å². The topological polar surface area (TPSA) is 78.7 Å². The van der Waals surface area contributed by atoms with Gasteiger partial charge in [0, 0.05) is 49.1 Å². The van der Waals surface area contributed by atoms with Gasteiger partial charge in [-0.25, -0.2) is 9.48 Å². The molecule has 0 saturated carbocycles. The predicted octanol–water partition coefficient (Wildman–Crippen LogP) is 4.15. The summed E-state index contributed by atoms with van der Waals surface area (Å²) in [6, 6.07) is 8.03. The molecule has 1 unspecified atom stereocenters. The van der Waals surface area contributed by atoms with Crippen molar-refractivity contribution in [2.75, 3.05) is 26.8 Å². The Morgan fingerprint density at radius 1 is 1.06 bits per heavy atom. The van der Waals surface area contributed by atoms with E-state index in [0.29, 0.717) is 19.6 Å². The Labute approximate surface area is 180 Å². The highest BCUT2D eigenvalue weighted by molar-refractivity contribution is 5.94. The van der Waals surface area contributed by atoms with E-state index in [1.165, 1.54) is 0 Å². The van der Waals surface area contributed by atoms with Gasteiger partial charge in [-0.05, 0) is 49.9 Å². The van der Waals surface area contributed by atoms with Gasteiger partial charge >= 0.3 is 6.09 Å². The smallest absolute Gasteiger partial charge is 0.409 e. The van der Waals surface area contributed by atoms with Crippen molar-refractivity contribution in [2.45, 2.75) is 38.5 Å². The fraction of sp³-hybridized carbons (Fsp3) is 0.435. The molecular weight excluding hydrogens is 396 g/mol. The molecule has 3 aromatic rings. The molecule has 4 heterocycles. The number of benzene rings is 1. The second-order valence-electron chi connectivity index (χ2n) is 8.05. The van der Waals surface area contributed by atoms with E-state index in [2.05, 4.69) is 4.98 Å². The summed E-state index contributed by atoms with van der Waals surface area (Å²) in [5.74, 6) is 0.780. The van der Waals surface area contributed by atoms with E-state index in [1.807, 2.05) is 28.9 Å². The number of fused-ring (bicyclic) bond motifs is 4. The lowest BCUT2D eigenvalue weighted by Gasteiger charge is -2.23. The van der Waals surface area contributed by atoms with E-state index >= 15 is 0 Å². The zero-order valence-corrected chi connectivity index (χ0v) is 17.6. The SMILES string of the molecule is CN1CCCOc2ccc3c(c2)c(nn3C2CCCCO2)-c2cncc(c2)COC1=O. The average Bonchev–Trinajstić information content (AvgIpc) is 3.19. The van der Waals surface area contributed by atoms with Gasteiger partial charge in [-0.2, -0.15) is 5.10 Å². The van der Waals surface area contributed by atoms with Crippen molar-refractivity contribution in [2.24, 2.45) is 0 Å². The molecule has 1 fully saturated rings. The van der Waals surface area contributed by atoms with Gasteiger partial charge in [-0.15, -0.1) is 0 Å². The van der Waals surface area contributed by atoms with Gasteiger partial charge in [0.2, 0.25) is 0 Å². The van der Waals surface area contributed by atoms with Crippen LogP contribution in [-0.2, 0) is 16.1 Å². The highest BCUT2D eigenvalue weighted by Crippen LogP contribution is 2.35. The predicted molar refractivity (Wildman–Crippen MR) is 115 cm³/mol. The Balaban J connectivity index is 1.60. The molecule has 2 aromatic heterocycles. The Kier molecular flexibility index (Phi) is 5.46. The van der Waals surface area contributed by atoms with E-state index in [1.54, 1.807) is 24.3 Å². The van der Waals surface area contributed by atoms with Gasteiger partial charge in [-0.1, -0.05) is 0 Å². The van der Waals surface area contributed by atoms with Crippen LogP contribution in [0.15, 0.2) is 36.7 Å². The van der Waals surface area contributed by atoms with Crippen LogP contribution < -0.4 is 4.74 Å². The van der Waals surface area contributed by atoms with Crippen molar-refractivity contribution < 1.29 is 19.0 Å². The summed E-state index contributed by atoms with van der Waals surface area (Å²) in [5.41, 5.74) is 3.52. The summed E-state index contributed by atoms with van der Waals surface area (Å²) < 4.78 is 19.4. The molecule has 8 nitrogen and oxygen atoms in total. The number of amides is 1. The summed E-state index contributed by atoms with van der Waals surface area (Å²) in [5, 5.41) is 5.94. The molecule has 0 radical (unpaired) electrons. The summed E-state index contributed by atoms with van der Waals surface area (Å²) in [6.07, 6.45) is 6.93. The van der Waals surface area contributed by atoms with Crippen molar-refractivity contribution in [1.82, 2.24) is 19.7 Å². The largest absolute Gasteiger partial charge is 0.494 e. The molecule has 4 bridgehead atoms. The van der Waals surface area contributed by atoms with Crippen LogP contribution in [0.25, 0.3) is 22.2 Å². The number of pyridine rings is 1. The number of hydrogen-bond donors (Lipinski definition) is 0. The van der Waals surface area contributed by atoms with Crippen molar-refractivity contribution >= 4 is 17.0 Å². The molecule has 0 N–H and O–H groups in total. The van der Waals surface area contributed by atoms with E-state index in [4.69, 9.17) is 19.3 Å². The van der Waals surface area contributed by atoms with Crippen molar-refractivity contribution in [3.05, 3.63) is 42.2 Å². The first-order valence-electron chi connectivity index (χ1n) is 10.8. The van der Waals surface area contributed by atoms with Crippen LogP contribution in [0.4, 0.5) is 4.79 Å². The number of nitrogens with zero attached hydrogens (tertiary/aromatic N) is 4. The normalized spacial score (nSPS) is 20.1. The molecule has 1 saturated heterocycles. The molecule has 0 aliphatic carbocycles. The Morgan fingerprint density at radius 3 is 2.87 bits per heavy atom.